The average Bonchev–Trinajstić information content (AvgIpc) is 3.03. The fourth-order valence-corrected chi connectivity index (χ4v) is 7.06. The first-order chi connectivity index (χ1) is 21.5. The molecule has 10 heteroatoms. The number of benzene rings is 4. The number of carbonyl (C=O) groups is 2. The van der Waals surface area contributed by atoms with E-state index in [-0.39, 0.29) is 29.8 Å². The molecule has 4 aromatic rings. The van der Waals surface area contributed by atoms with Crippen molar-refractivity contribution < 1.29 is 18.0 Å². The average molecular weight is 667 g/mol. The molecule has 0 spiro atoms. The number of carbonyl (C=O) groups excluding carboxylic acids is 2. The maximum Gasteiger partial charge on any atom is 0.264 e. The van der Waals surface area contributed by atoms with Gasteiger partial charge in [0.2, 0.25) is 11.8 Å². The zero-order chi connectivity index (χ0) is 32.6. The quantitative estimate of drug-likeness (QED) is 0.168. The van der Waals surface area contributed by atoms with Gasteiger partial charge in [-0.2, -0.15) is 0 Å². The van der Waals surface area contributed by atoms with Crippen molar-refractivity contribution >= 4 is 50.7 Å². The fraction of sp³-hybridized carbons (Fsp3) is 0.257. The summed E-state index contributed by atoms with van der Waals surface area (Å²) in [5, 5.41) is 3.60. The van der Waals surface area contributed by atoms with E-state index in [2.05, 4.69) is 5.32 Å². The zero-order valence-corrected chi connectivity index (χ0v) is 27.8. The number of anilines is 1. The second kappa shape index (κ2) is 15.4. The van der Waals surface area contributed by atoms with Gasteiger partial charge in [-0.3, -0.25) is 13.9 Å². The van der Waals surface area contributed by atoms with Gasteiger partial charge < -0.3 is 10.2 Å². The van der Waals surface area contributed by atoms with Crippen LogP contribution in [0.1, 0.15) is 37.5 Å². The Labute approximate surface area is 275 Å². The van der Waals surface area contributed by atoms with Crippen molar-refractivity contribution in [3.8, 4) is 0 Å². The summed E-state index contributed by atoms with van der Waals surface area (Å²) in [6.45, 7) is 4.92. The Morgan fingerprint density at radius 3 is 1.98 bits per heavy atom. The van der Waals surface area contributed by atoms with Gasteiger partial charge in [0.15, 0.2) is 0 Å². The molecule has 0 radical (unpaired) electrons. The summed E-state index contributed by atoms with van der Waals surface area (Å²) >= 11 is 13.1. The zero-order valence-electron chi connectivity index (χ0n) is 25.5. The van der Waals surface area contributed by atoms with Crippen molar-refractivity contribution in [2.45, 2.75) is 57.1 Å². The minimum absolute atomic E-state index is 0.0443. The molecular formula is C35H37Cl2N3O4S. The summed E-state index contributed by atoms with van der Waals surface area (Å²) in [6, 6.07) is 28.3. The Balaban J connectivity index is 1.86. The van der Waals surface area contributed by atoms with Gasteiger partial charge in [0.25, 0.3) is 10.0 Å². The first-order valence-corrected chi connectivity index (χ1v) is 16.9. The highest BCUT2D eigenvalue weighted by Gasteiger charge is 2.35. The highest BCUT2D eigenvalue weighted by Crippen LogP contribution is 2.30. The third-order valence-electron chi connectivity index (χ3n) is 7.34. The summed E-state index contributed by atoms with van der Waals surface area (Å²) < 4.78 is 29.5. The van der Waals surface area contributed by atoms with Crippen molar-refractivity contribution in [3.05, 3.63) is 130 Å². The van der Waals surface area contributed by atoms with Crippen molar-refractivity contribution in [1.29, 1.82) is 0 Å². The molecule has 0 saturated carbocycles. The molecule has 0 bridgehead atoms. The lowest BCUT2D eigenvalue weighted by atomic mass is 10.0. The number of sulfonamides is 1. The van der Waals surface area contributed by atoms with Gasteiger partial charge in [0.05, 0.1) is 10.6 Å². The van der Waals surface area contributed by atoms with Gasteiger partial charge in [0.1, 0.15) is 12.6 Å². The molecular weight excluding hydrogens is 629 g/mol. The molecule has 1 N–H and O–H groups in total. The van der Waals surface area contributed by atoms with Gasteiger partial charge in [-0.25, -0.2) is 8.42 Å². The van der Waals surface area contributed by atoms with Crippen molar-refractivity contribution in [2.24, 2.45) is 0 Å². The molecule has 0 heterocycles. The van der Waals surface area contributed by atoms with Crippen LogP contribution in [0.15, 0.2) is 108 Å². The molecule has 0 fully saturated rings. The molecule has 0 aliphatic heterocycles. The van der Waals surface area contributed by atoms with Gasteiger partial charge in [-0.1, -0.05) is 103 Å². The molecule has 7 nitrogen and oxygen atoms in total. The summed E-state index contributed by atoms with van der Waals surface area (Å²) in [4.78, 5) is 29.9. The maximum absolute atomic E-state index is 14.6. The van der Waals surface area contributed by atoms with Crippen LogP contribution >= 0.6 is 23.2 Å². The van der Waals surface area contributed by atoms with E-state index in [9.17, 15) is 18.0 Å². The molecule has 236 valence electrons. The van der Waals surface area contributed by atoms with Gasteiger partial charge >= 0.3 is 0 Å². The molecule has 0 saturated heterocycles. The SMILES string of the molecule is CCc1ccccc1N(CC(=O)N(Cc1c(Cl)cccc1Cl)C(Cc1ccccc1)C(=O)NC(C)C)S(=O)(=O)c1ccccc1. The molecule has 45 heavy (non-hydrogen) atoms. The summed E-state index contributed by atoms with van der Waals surface area (Å²) in [5.41, 5.74) is 2.42. The van der Waals surface area contributed by atoms with Gasteiger partial charge in [-0.15, -0.1) is 0 Å². The van der Waals surface area contributed by atoms with Crippen LogP contribution in [0.4, 0.5) is 5.69 Å². The van der Waals surface area contributed by atoms with Crippen LogP contribution in [-0.4, -0.2) is 43.8 Å². The number of hydrogen-bond donors (Lipinski definition) is 1. The van der Waals surface area contributed by atoms with Crippen molar-refractivity contribution in [2.75, 3.05) is 10.8 Å². The third kappa shape index (κ3) is 8.45. The van der Waals surface area contributed by atoms with E-state index < -0.39 is 28.5 Å². The predicted molar refractivity (Wildman–Crippen MR) is 181 cm³/mol. The fourth-order valence-electron chi connectivity index (χ4n) is 5.07. The second-order valence-corrected chi connectivity index (χ2v) is 13.6. The molecule has 0 aliphatic rings. The number of aryl methyl sites for hydroxylation is 1. The van der Waals surface area contributed by atoms with Crippen molar-refractivity contribution in [3.63, 3.8) is 0 Å². The second-order valence-electron chi connectivity index (χ2n) is 10.9. The van der Waals surface area contributed by atoms with Crippen LogP contribution in [-0.2, 0) is 39.0 Å². The molecule has 4 aromatic carbocycles. The number of para-hydroxylation sites is 1. The Hall–Kier alpha value is -3.85. The highest BCUT2D eigenvalue weighted by molar-refractivity contribution is 7.92. The van der Waals surface area contributed by atoms with E-state index >= 15 is 0 Å². The van der Waals surface area contributed by atoms with Gasteiger partial charge in [-0.05, 0) is 61.7 Å². The van der Waals surface area contributed by atoms with Crippen LogP contribution < -0.4 is 9.62 Å². The van der Waals surface area contributed by atoms with Crippen molar-refractivity contribution in [1.82, 2.24) is 10.2 Å². The van der Waals surface area contributed by atoms with Crippen LogP contribution in [0.25, 0.3) is 0 Å². The van der Waals surface area contributed by atoms with Crippen LogP contribution in [0.5, 0.6) is 0 Å². The number of rotatable bonds is 13. The summed E-state index contributed by atoms with van der Waals surface area (Å²) in [5.74, 6) is -0.965. The Morgan fingerprint density at radius 2 is 1.38 bits per heavy atom. The Bertz CT molecular complexity index is 1700. The lowest BCUT2D eigenvalue weighted by Gasteiger charge is -2.35. The third-order valence-corrected chi connectivity index (χ3v) is 9.83. The van der Waals surface area contributed by atoms with E-state index in [4.69, 9.17) is 23.2 Å². The number of nitrogens with one attached hydrogen (secondary N) is 1. The summed E-state index contributed by atoms with van der Waals surface area (Å²) in [6.07, 6.45) is 0.724. The smallest absolute Gasteiger partial charge is 0.264 e. The molecule has 1 unspecified atom stereocenters. The standard InChI is InChI=1S/C35H37Cl2N3O4S/c1-4-27-16-11-12-21-32(27)40(45(43,44)28-17-9-6-10-18-28)24-34(41)39(23-29-30(36)19-13-20-31(29)37)33(35(42)38-25(2)3)22-26-14-7-5-8-15-26/h5-21,25,33H,4,22-24H2,1-3H3,(H,38,42). The number of halogens is 2. The molecule has 0 aliphatic carbocycles. The van der Waals surface area contributed by atoms with E-state index in [0.29, 0.717) is 27.7 Å². The minimum atomic E-state index is -4.20. The van der Waals surface area contributed by atoms with Crippen LogP contribution in [0, 0.1) is 0 Å². The first kappa shape index (κ1) is 34.0. The highest BCUT2D eigenvalue weighted by atomic mass is 35.5. The molecule has 1 atom stereocenters. The lowest BCUT2D eigenvalue weighted by Crippen LogP contribution is -2.54. The van der Waals surface area contributed by atoms with E-state index in [1.807, 2.05) is 63.2 Å². The van der Waals surface area contributed by atoms with Crippen LogP contribution in [0.3, 0.4) is 0 Å². The van der Waals surface area contributed by atoms with E-state index in [1.54, 1.807) is 48.5 Å². The Morgan fingerprint density at radius 1 is 0.800 bits per heavy atom. The molecule has 2 amide bonds. The minimum Gasteiger partial charge on any atom is -0.352 e. The number of nitrogens with zero attached hydrogens (tertiary/aromatic N) is 2. The number of hydrogen-bond acceptors (Lipinski definition) is 4. The van der Waals surface area contributed by atoms with Gasteiger partial charge in [0, 0.05) is 34.6 Å². The predicted octanol–water partition coefficient (Wildman–Crippen LogP) is 6.92. The molecule has 4 rings (SSSR count). The Kier molecular flexibility index (Phi) is 11.7. The monoisotopic (exact) mass is 665 g/mol. The van der Waals surface area contributed by atoms with E-state index in [1.165, 1.54) is 17.0 Å². The first-order valence-electron chi connectivity index (χ1n) is 14.7. The summed E-state index contributed by atoms with van der Waals surface area (Å²) in [7, 11) is -4.20. The lowest BCUT2D eigenvalue weighted by molar-refractivity contribution is -0.140. The molecule has 0 aromatic heterocycles. The topological polar surface area (TPSA) is 86.8 Å². The largest absolute Gasteiger partial charge is 0.352 e. The normalized spacial score (nSPS) is 12.0. The van der Waals surface area contributed by atoms with Crippen LogP contribution in [0.2, 0.25) is 10.0 Å². The number of amides is 2. The van der Waals surface area contributed by atoms with E-state index in [0.717, 1.165) is 15.4 Å². The maximum atomic E-state index is 14.6.